The minimum Gasteiger partial charge on any atom is -0.462 e. The summed E-state index contributed by atoms with van der Waals surface area (Å²) < 4.78 is 5.00. The topological polar surface area (TPSA) is 26.3 Å². The molecule has 88 valence electrons. The molecule has 2 heteroatoms. The lowest BCUT2D eigenvalue weighted by atomic mass is 10.2. The van der Waals surface area contributed by atoms with Gasteiger partial charge in [-0.25, -0.2) is 4.79 Å². The highest BCUT2D eigenvalue weighted by molar-refractivity contribution is 5.86. The third-order valence-corrected chi connectivity index (χ3v) is 2.01. The third-order valence-electron chi connectivity index (χ3n) is 2.01. The van der Waals surface area contributed by atoms with Crippen molar-refractivity contribution in [2.75, 3.05) is 6.61 Å². The van der Waals surface area contributed by atoms with Gasteiger partial charge in [-0.2, -0.15) is 0 Å². The molecule has 0 bridgehead atoms. The second-order valence-electron chi connectivity index (χ2n) is 3.36. The van der Waals surface area contributed by atoms with Crippen LogP contribution in [0.2, 0.25) is 0 Å². The summed E-state index contributed by atoms with van der Waals surface area (Å²) in [6.07, 6.45) is 9.30. The minimum absolute atomic E-state index is 0.319. The highest BCUT2D eigenvalue weighted by Gasteiger charge is 1.94. The Morgan fingerprint density at radius 2 is 2.06 bits per heavy atom. The molecule has 0 aliphatic carbocycles. The molecule has 0 aliphatic rings. The van der Waals surface area contributed by atoms with Crippen molar-refractivity contribution >= 4 is 12.0 Å². The molecule has 0 saturated heterocycles. The van der Waals surface area contributed by atoms with Gasteiger partial charge in [0.2, 0.25) is 0 Å². The smallest absolute Gasteiger partial charge is 0.330 e. The molecule has 0 aromatic heterocycles. The summed E-state index contributed by atoms with van der Waals surface area (Å²) >= 11 is 0. The summed E-state index contributed by atoms with van der Waals surface area (Å²) in [5.41, 5.74) is 0.982. The van der Waals surface area contributed by atoms with E-state index >= 15 is 0 Å². The molecule has 0 amide bonds. The average molecular weight is 228 g/mol. The summed E-state index contributed by atoms with van der Waals surface area (Å²) in [5.74, 6) is -0.319. The van der Waals surface area contributed by atoms with E-state index in [-0.39, 0.29) is 5.97 Å². The summed E-state index contributed by atoms with van der Waals surface area (Å²) in [4.78, 5) is 11.3. The standard InChI is InChI=1S/C15H16O2/c1-2-3-4-8-13-17-15(16)12-11-14-9-6-5-7-10-14/h2-7,9-12H,1,8,13H2/b4-3+,12-11+. The molecule has 0 unspecified atom stereocenters. The van der Waals surface area contributed by atoms with Gasteiger partial charge in [0.05, 0.1) is 6.61 Å². The van der Waals surface area contributed by atoms with Crippen LogP contribution in [-0.4, -0.2) is 12.6 Å². The van der Waals surface area contributed by atoms with Gasteiger partial charge >= 0.3 is 5.97 Å². The molecule has 0 saturated carbocycles. The molecule has 2 nitrogen and oxygen atoms in total. The lowest BCUT2D eigenvalue weighted by Crippen LogP contribution is -2.01. The first-order valence-corrected chi connectivity index (χ1v) is 5.50. The van der Waals surface area contributed by atoms with E-state index in [0.717, 1.165) is 5.56 Å². The molecular weight excluding hydrogens is 212 g/mol. The van der Waals surface area contributed by atoms with Crippen molar-refractivity contribution in [1.29, 1.82) is 0 Å². The number of ether oxygens (including phenoxy) is 1. The first kappa shape index (κ1) is 13.0. The van der Waals surface area contributed by atoms with Crippen molar-refractivity contribution in [2.24, 2.45) is 0 Å². The van der Waals surface area contributed by atoms with E-state index < -0.39 is 0 Å². The molecule has 1 rings (SSSR count). The largest absolute Gasteiger partial charge is 0.462 e. The normalized spacial score (nSPS) is 10.8. The van der Waals surface area contributed by atoms with Crippen molar-refractivity contribution in [1.82, 2.24) is 0 Å². The first-order valence-electron chi connectivity index (χ1n) is 5.50. The lowest BCUT2D eigenvalue weighted by Gasteiger charge is -1.98. The van der Waals surface area contributed by atoms with Gasteiger partial charge < -0.3 is 4.74 Å². The van der Waals surface area contributed by atoms with Gasteiger partial charge in [-0.05, 0) is 18.1 Å². The Morgan fingerprint density at radius 1 is 1.29 bits per heavy atom. The van der Waals surface area contributed by atoms with E-state index in [9.17, 15) is 4.79 Å². The molecule has 0 N–H and O–H groups in total. The molecule has 1 aromatic carbocycles. The number of benzene rings is 1. The third kappa shape index (κ3) is 6.15. The predicted molar refractivity (Wildman–Crippen MR) is 70.4 cm³/mol. The fraction of sp³-hybridized carbons (Fsp3) is 0.133. The maximum absolute atomic E-state index is 11.3. The Hall–Kier alpha value is -2.09. The molecule has 0 aliphatic heterocycles. The van der Waals surface area contributed by atoms with Crippen molar-refractivity contribution in [2.45, 2.75) is 6.42 Å². The number of carbonyl (C=O) groups excluding carboxylic acids is 1. The van der Waals surface area contributed by atoms with Gasteiger partial charge in [0.25, 0.3) is 0 Å². The average Bonchev–Trinajstić information content (AvgIpc) is 2.37. The minimum atomic E-state index is -0.319. The van der Waals surface area contributed by atoms with Gasteiger partial charge in [0, 0.05) is 6.08 Å². The zero-order valence-electron chi connectivity index (χ0n) is 9.71. The van der Waals surface area contributed by atoms with Crippen molar-refractivity contribution < 1.29 is 9.53 Å². The van der Waals surface area contributed by atoms with Crippen LogP contribution in [0.5, 0.6) is 0 Å². The molecule has 17 heavy (non-hydrogen) atoms. The molecule has 0 fully saturated rings. The van der Waals surface area contributed by atoms with E-state index in [1.165, 1.54) is 6.08 Å². The summed E-state index contributed by atoms with van der Waals surface area (Å²) in [5, 5.41) is 0. The van der Waals surface area contributed by atoms with Gasteiger partial charge in [0.15, 0.2) is 0 Å². The number of esters is 1. The Bertz CT molecular complexity index is 402. The number of carbonyl (C=O) groups is 1. The van der Waals surface area contributed by atoms with E-state index in [1.54, 1.807) is 12.2 Å². The van der Waals surface area contributed by atoms with Crippen LogP contribution >= 0.6 is 0 Å². The van der Waals surface area contributed by atoms with Crippen LogP contribution in [0.15, 0.2) is 61.2 Å². The zero-order chi connectivity index (χ0) is 12.3. The fourth-order valence-electron chi connectivity index (χ4n) is 1.20. The highest BCUT2D eigenvalue weighted by atomic mass is 16.5. The second-order valence-corrected chi connectivity index (χ2v) is 3.36. The van der Waals surface area contributed by atoms with E-state index in [4.69, 9.17) is 4.74 Å². The maximum atomic E-state index is 11.3. The van der Waals surface area contributed by atoms with Crippen LogP contribution in [0.1, 0.15) is 12.0 Å². The van der Waals surface area contributed by atoms with Crippen molar-refractivity contribution in [3.05, 3.63) is 66.8 Å². The van der Waals surface area contributed by atoms with Gasteiger partial charge in [-0.3, -0.25) is 0 Å². The van der Waals surface area contributed by atoms with E-state index in [1.807, 2.05) is 42.5 Å². The predicted octanol–water partition coefficient (Wildman–Crippen LogP) is 3.38. The van der Waals surface area contributed by atoms with Crippen molar-refractivity contribution in [3.63, 3.8) is 0 Å². The molecule has 0 radical (unpaired) electrons. The fourth-order valence-corrected chi connectivity index (χ4v) is 1.20. The SMILES string of the molecule is C=C/C=C/CCOC(=O)/C=C/c1ccccc1. The van der Waals surface area contributed by atoms with Gasteiger partial charge in [-0.15, -0.1) is 0 Å². The quantitative estimate of drug-likeness (QED) is 0.323. The monoisotopic (exact) mass is 228 g/mol. The first-order chi connectivity index (χ1) is 8.33. The Balaban J connectivity index is 2.27. The van der Waals surface area contributed by atoms with Crippen LogP contribution in [-0.2, 0) is 9.53 Å². The van der Waals surface area contributed by atoms with Crippen LogP contribution in [0.4, 0.5) is 0 Å². The van der Waals surface area contributed by atoms with Crippen molar-refractivity contribution in [3.8, 4) is 0 Å². The highest BCUT2D eigenvalue weighted by Crippen LogP contribution is 2.01. The Morgan fingerprint density at radius 3 is 2.76 bits per heavy atom. The van der Waals surface area contributed by atoms with Crippen LogP contribution < -0.4 is 0 Å². The summed E-state index contributed by atoms with van der Waals surface area (Å²) in [6.45, 7) is 3.94. The maximum Gasteiger partial charge on any atom is 0.330 e. The molecule has 0 spiro atoms. The Labute approximate surface area is 102 Å². The lowest BCUT2D eigenvalue weighted by molar-refractivity contribution is -0.137. The van der Waals surface area contributed by atoms with Gasteiger partial charge in [-0.1, -0.05) is 55.1 Å². The van der Waals surface area contributed by atoms with Gasteiger partial charge in [0.1, 0.15) is 0 Å². The number of hydrogen-bond donors (Lipinski definition) is 0. The molecular formula is C15H16O2. The zero-order valence-corrected chi connectivity index (χ0v) is 9.71. The van der Waals surface area contributed by atoms with E-state index in [0.29, 0.717) is 13.0 Å². The molecule has 0 atom stereocenters. The summed E-state index contributed by atoms with van der Waals surface area (Å²) in [7, 11) is 0. The van der Waals surface area contributed by atoms with Crippen LogP contribution in [0.25, 0.3) is 6.08 Å². The van der Waals surface area contributed by atoms with E-state index in [2.05, 4.69) is 6.58 Å². The molecule has 0 heterocycles. The van der Waals surface area contributed by atoms with Crippen LogP contribution in [0.3, 0.4) is 0 Å². The summed E-state index contributed by atoms with van der Waals surface area (Å²) in [6, 6.07) is 9.63. The molecule has 1 aromatic rings. The Kier molecular flexibility index (Phi) is 6.19. The number of hydrogen-bond acceptors (Lipinski definition) is 2. The number of rotatable bonds is 6. The second kappa shape index (κ2) is 8.11. The van der Waals surface area contributed by atoms with Crippen LogP contribution in [0, 0.1) is 0 Å². The number of allylic oxidation sites excluding steroid dienone is 2.